The first-order valence-electron chi connectivity index (χ1n) is 7.37. The fraction of sp³-hybridized carbons (Fsp3) is 0.500. The minimum atomic E-state index is -0.314. The first-order chi connectivity index (χ1) is 10.1. The van der Waals surface area contributed by atoms with Crippen molar-refractivity contribution in [3.8, 4) is 0 Å². The molecule has 21 heavy (non-hydrogen) atoms. The zero-order valence-corrected chi connectivity index (χ0v) is 12.3. The average Bonchev–Trinajstić information content (AvgIpc) is 2.88. The Kier molecular flexibility index (Phi) is 5.33. The van der Waals surface area contributed by atoms with Crippen LogP contribution >= 0.6 is 0 Å². The molecule has 2 N–H and O–H groups in total. The highest BCUT2D eigenvalue weighted by Gasteiger charge is 2.33. The lowest BCUT2D eigenvalue weighted by Gasteiger charge is -2.19. The van der Waals surface area contributed by atoms with E-state index in [-0.39, 0.29) is 36.8 Å². The molecule has 0 radical (unpaired) electrons. The number of carbonyl (C=O) groups excluding carboxylic acids is 2. The quantitative estimate of drug-likeness (QED) is 0.805. The molecule has 2 atom stereocenters. The van der Waals surface area contributed by atoms with E-state index in [1.165, 1.54) is 0 Å². The van der Waals surface area contributed by atoms with Crippen molar-refractivity contribution in [2.75, 3.05) is 19.7 Å². The van der Waals surface area contributed by atoms with Crippen LogP contribution < -0.4 is 5.32 Å². The van der Waals surface area contributed by atoms with Crippen molar-refractivity contribution in [2.24, 2.45) is 5.92 Å². The number of aliphatic hydroxyl groups excluding tert-OH is 1. The maximum absolute atomic E-state index is 12.2. The third-order valence-corrected chi connectivity index (χ3v) is 3.86. The molecule has 0 bridgehead atoms. The van der Waals surface area contributed by atoms with Crippen molar-refractivity contribution in [1.82, 2.24) is 10.2 Å². The van der Waals surface area contributed by atoms with Gasteiger partial charge in [0.1, 0.15) is 0 Å². The van der Waals surface area contributed by atoms with Crippen LogP contribution in [0.15, 0.2) is 30.3 Å². The zero-order chi connectivity index (χ0) is 15.2. The summed E-state index contributed by atoms with van der Waals surface area (Å²) in [6.45, 7) is 2.91. The number of hydrogen-bond donors (Lipinski definition) is 2. The topological polar surface area (TPSA) is 69.6 Å². The third-order valence-electron chi connectivity index (χ3n) is 3.86. The second-order valence-corrected chi connectivity index (χ2v) is 5.41. The fourth-order valence-corrected chi connectivity index (χ4v) is 2.63. The Hall–Kier alpha value is -1.88. The molecule has 1 aliphatic rings. The molecule has 5 nitrogen and oxygen atoms in total. The Morgan fingerprint density at radius 1 is 1.43 bits per heavy atom. The highest BCUT2D eigenvalue weighted by Crippen LogP contribution is 2.17. The molecule has 1 fully saturated rings. The van der Waals surface area contributed by atoms with Crippen LogP contribution in [-0.4, -0.2) is 47.6 Å². The summed E-state index contributed by atoms with van der Waals surface area (Å²) >= 11 is 0. The van der Waals surface area contributed by atoms with E-state index in [2.05, 4.69) is 5.32 Å². The van der Waals surface area contributed by atoms with Crippen molar-refractivity contribution in [2.45, 2.75) is 25.8 Å². The monoisotopic (exact) mass is 290 g/mol. The highest BCUT2D eigenvalue weighted by molar-refractivity contribution is 5.89. The summed E-state index contributed by atoms with van der Waals surface area (Å²) in [6, 6.07) is 9.41. The van der Waals surface area contributed by atoms with Crippen LogP contribution in [0.2, 0.25) is 0 Å². The summed E-state index contributed by atoms with van der Waals surface area (Å²) in [7, 11) is 0. The second-order valence-electron chi connectivity index (χ2n) is 5.41. The normalized spacial score (nSPS) is 19.6. The lowest BCUT2D eigenvalue weighted by molar-refractivity contribution is -0.129. The summed E-state index contributed by atoms with van der Waals surface area (Å²) < 4.78 is 0. The minimum Gasteiger partial charge on any atom is -0.394 e. The molecule has 5 heteroatoms. The smallest absolute Gasteiger partial charge is 0.225 e. The van der Waals surface area contributed by atoms with Crippen LogP contribution in [-0.2, 0) is 16.0 Å². The fourth-order valence-electron chi connectivity index (χ4n) is 2.63. The van der Waals surface area contributed by atoms with Gasteiger partial charge in [0, 0.05) is 19.5 Å². The number of rotatable bonds is 6. The number of likely N-dealkylation sites (tertiary alicyclic amines) is 1. The van der Waals surface area contributed by atoms with E-state index in [1.807, 2.05) is 37.3 Å². The van der Waals surface area contributed by atoms with E-state index < -0.39 is 0 Å². The largest absolute Gasteiger partial charge is 0.394 e. The standard InChI is InChI=1S/C16H22N2O3/c1-2-18-10-13(9-15(18)20)16(21)17-14(11-19)8-12-6-4-3-5-7-12/h3-7,13-14,19H,2,8-11H2,1H3,(H,17,21)/t13?,14-/m1/s1. The predicted octanol–water partition coefficient (Wildman–Crippen LogP) is 0.575. The highest BCUT2D eigenvalue weighted by atomic mass is 16.3. The van der Waals surface area contributed by atoms with Gasteiger partial charge in [-0.15, -0.1) is 0 Å². The van der Waals surface area contributed by atoms with E-state index in [0.29, 0.717) is 19.5 Å². The van der Waals surface area contributed by atoms with Crippen molar-refractivity contribution in [3.63, 3.8) is 0 Å². The van der Waals surface area contributed by atoms with Gasteiger partial charge in [-0.2, -0.15) is 0 Å². The lowest BCUT2D eigenvalue weighted by atomic mass is 10.0. The molecule has 1 unspecified atom stereocenters. The molecule has 2 rings (SSSR count). The van der Waals surface area contributed by atoms with Crippen molar-refractivity contribution in [3.05, 3.63) is 35.9 Å². The van der Waals surface area contributed by atoms with E-state index in [9.17, 15) is 14.7 Å². The molecular weight excluding hydrogens is 268 g/mol. The Bertz CT molecular complexity index is 490. The molecule has 0 saturated carbocycles. The van der Waals surface area contributed by atoms with Crippen LogP contribution in [0.5, 0.6) is 0 Å². The van der Waals surface area contributed by atoms with Gasteiger partial charge in [-0.1, -0.05) is 30.3 Å². The number of hydrogen-bond acceptors (Lipinski definition) is 3. The maximum Gasteiger partial charge on any atom is 0.225 e. The van der Waals surface area contributed by atoms with Crippen LogP contribution in [0.1, 0.15) is 18.9 Å². The Balaban J connectivity index is 1.90. The molecule has 0 aromatic heterocycles. The molecule has 1 heterocycles. The molecule has 0 aliphatic carbocycles. The van der Waals surface area contributed by atoms with Crippen LogP contribution in [0.4, 0.5) is 0 Å². The molecular formula is C16H22N2O3. The number of aliphatic hydroxyl groups is 1. The number of carbonyl (C=O) groups is 2. The zero-order valence-electron chi connectivity index (χ0n) is 12.3. The number of amides is 2. The summed E-state index contributed by atoms with van der Waals surface area (Å²) in [6.07, 6.45) is 0.852. The summed E-state index contributed by atoms with van der Waals surface area (Å²) in [5, 5.41) is 12.3. The third kappa shape index (κ3) is 4.04. The van der Waals surface area contributed by atoms with Crippen molar-refractivity contribution in [1.29, 1.82) is 0 Å². The maximum atomic E-state index is 12.2. The Morgan fingerprint density at radius 3 is 2.71 bits per heavy atom. The van der Waals surface area contributed by atoms with Crippen molar-refractivity contribution >= 4 is 11.8 Å². The lowest BCUT2D eigenvalue weighted by Crippen LogP contribution is -2.43. The first kappa shape index (κ1) is 15.5. The molecule has 1 aromatic rings. The van der Waals surface area contributed by atoms with Crippen LogP contribution in [0.3, 0.4) is 0 Å². The number of benzene rings is 1. The van der Waals surface area contributed by atoms with Gasteiger partial charge >= 0.3 is 0 Å². The summed E-state index contributed by atoms with van der Waals surface area (Å²) in [4.78, 5) is 25.6. The van der Waals surface area contributed by atoms with Gasteiger partial charge < -0.3 is 15.3 Å². The SMILES string of the molecule is CCN1CC(C(=O)N[C@@H](CO)Cc2ccccc2)CC1=O. The second kappa shape index (κ2) is 7.22. The van der Waals surface area contributed by atoms with E-state index in [4.69, 9.17) is 0 Å². The van der Waals surface area contributed by atoms with Gasteiger partial charge in [0.05, 0.1) is 18.6 Å². The van der Waals surface area contributed by atoms with Gasteiger partial charge in [-0.3, -0.25) is 9.59 Å². The van der Waals surface area contributed by atoms with Gasteiger partial charge in [0.2, 0.25) is 11.8 Å². The molecule has 2 amide bonds. The van der Waals surface area contributed by atoms with Crippen LogP contribution in [0.25, 0.3) is 0 Å². The van der Waals surface area contributed by atoms with Gasteiger partial charge in [0.25, 0.3) is 0 Å². The number of nitrogens with one attached hydrogen (secondary N) is 1. The van der Waals surface area contributed by atoms with Gasteiger partial charge in [0.15, 0.2) is 0 Å². The molecule has 114 valence electrons. The predicted molar refractivity (Wildman–Crippen MR) is 79.5 cm³/mol. The first-order valence-corrected chi connectivity index (χ1v) is 7.37. The average molecular weight is 290 g/mol. The van der Waals surface area contributed by atoms with E-state index in [1.54, 1.807) is 4.90 Å². The summed E-state index contributed by atoms with van der Waals surface area (Å²) in [5.41, 5.74) is 1.06. The molecule has 1 aromatic carbocycles. The van der Waals surface area contributed by atoms with Crippen LogP contribution in [0, 0.1) is 5.92 Å². The van der Waals surface area contributed by atoms with Crippen molar-refractivity contribution < 1.29 is 14.7 Å². The van der Waals surface area contributed by atoms with E-state index >= 15 is 0 Å². The Morgan fingerprint density at radius 2 is 2.14 bits per heavy atom. The molecule has 1 aliphatic heterocycles. The number of nitrogens with zero attached hydrogens (tertiary/aromatic N) is 1. The summed E-state index contributed by atoms with van der Waals surface area (Å²) in [5.74, 6) is -0.419. The van der Waals surface area contributed by atoms with Gasteiger partial charge in [-0.05, 0) is 18.9 Å². The van der Waals surface area contributed by atoms with Gasteiger partial charge in [-0.25, -0.2) is 0 Å². The molecule has 1 saturated heterocycles. The minimum absolute atomic E-state index is 0.0289. The molecule has 0 spiro atoms. The van der Waals surface area contributed by atoms with E-state index in [0.717, 1.165) is 5.56 Å². The Labute approximate surface area is 125 Å².